The predicted molar refractivity (Wildman–Crippen MR) is 114 cm³/mol. The first-order valence-corrected chi connectivity index (χ1v) is 10.6. The monoisotopic (exact) mass is 405 g/mol. The van der Waals surface area contributed by atoms with Crippen LogP contribution in [-0.4, -0.2) is 52.3 Å². The molecule has 2 saturated heterocycles. The van der Waals surface area contributed by atoms with E-state index >= 15 is 0 Å². The Morgan fingerprint density at radius 1 is 1.03 bits per heavy atom. The van der Waals surface area contributed by atoms with Crippen LogP contribution in [0.4, 0.5) is 5.82 Å². The van der Waals surface area contributed by atoms with E-state index in [4.69, 9.17) is 4.52 Å². The van der Waals surface area contributed by atoms with E-state index in [9.17, 15) is 4.79 Å². The largest absolute Gasteiger partial charge is 0.356 e. The molecule has 0 aliphatic carbocycles. The Kier molecular flexibility index (Phi) is 4.49. The van der Waals surface area contributed by atoms with Gasteiger partial charge in [0.05, 0.1) is 12.1 Å². The highest BCUT2D eigenvalue weighted by Gasteiger charge is 2.42. The van der Waals surface area contributed by atoms with Crippen molar-refractivity contribution in [3.05, 3.63) is 47.8 Å². The first-order valence-electron chi connectivity index (χ1n) is 10.6. The molecule has 1 aromatic carbocycles. The van der Waals surface area contributed by atoms with E-state index < -0.39 is 0 Å². The number of aromatic nitrogens is 3. The van der Waals surface area contributed by atoms with Gasteiger partial charge in [0, 0.05) is 48.8 Å². The Balaban J connectivity index is 1.21. The SMILES string of the molecule is CC(C)(C)c1ccc(N2CC3CN(C(=O)Cc4noc5ccccc45)CC3C2)nn1. The first kappa shape index (κ1) is 19.0. The molecule has 2 atom stereocenters. The van der Waals surface area contributed by atoms with Gasteiger partial charge in [-0.2, -0.15) is 5.10 Å². The Labute approximate surface area is 176 Å². The Morgan fingerprint density at radius 3 is 2.43 bits per heavy atom. The second-order valence-corrected chi connectivity index (χ2v) is 9.55. The lowest BCUT2D eigenvalue weighted by Gasteiger charge is -2.23. The van der Waals surface area contributed by atoms with Gasteiger partial charge in [-0.15, -0.1) is 5.10 Å². The van der Waals surface area contributed by atoms with E-state index in [1.54, 1.807) is 0 Å². The van der Waals surface area contributed by atoms with Crippen LogP contribution >= 0.6 is 0 Å². The first-order chi connectivity index (χ1) is 14.4. The fourth-order valence-corrected chi connectivity index (χ4v) is 4.60. The van der Waals surface area contributed by atoms with Crippen LogP contribution in [0.5, 0.6) is 0 Å². The van der Waals surface area contributed by atoms with E-state index in [-0.39, 0.29) is 11.3 Å². The normalized spacial score (nSPS) is 21.4. The summed E-state index contributed by atoms with van der Waals surface area (Å²) in [7, 11) is 0. The summed E-state index contributed by atoms with van der Waals surface area (Å²) >= 11 is 0. The molecule has 2 aliphatic heterocycles. The van der Waals surface area contributed by atoms with Crippen molar-refractivity contribution in [3.8, 4) is 0 Å². The molecule has 5 rings (SSSR count). The zero-order valence-corrected chi connectivity index (χ0v) is 17.7. The summed E-state index contributed by atoms with van der Waals surface area (Å²) in [6, 6.07) is 11.8. The van der Waals surface area contributed by atoms with Gasteiger partial charge in [-0.3, -0.25) is 4.79 Å². The smallest absolute Gasteiger partial charge is 0.228 e. The number of para-hydroxylation sites is 1. The van der Waals surface area contributed by atoms with Crippen molar-refractivity contribution in [2.24, 2.45) is 11.8 Å². The third-order valence-corrected chi connectivity index (χ3v) is 6.35. The number of hydrogen-bond donors (Lipinski definition) is 0. The molecule has 7 nitrogen and oxygen atoms in total. The van der Waals surface area contributed by atoms with Crippen molar-refractivity contribution in [1.29, 1.82) is 0 Å². The van der Waals surface area contributed by atoms with Crippen molar-refractivity contribution in [1.82, 2.24) is 20.3 Å². The summed E-state index contributed by atoms with van der Waals surface area (Å²) in [5, 5.41) is 13.9. The van der Waals surface area contributed by atoms with Gasteiger partial charge in [-0.1, -0.05) is 38.1 Å². The number of amides is 1. The molecule has 30 heavy (non-hydrogen) atoms. The van der Waals surface area contributed by atoms with Crippen molar-refractivity contribution in [2.45, 2.75) is 32.6 Å². The van der Waals surface area contributed by atoms with E-state index in [2.05, 4.69) is 53.2 Å². The quantitative estimate of drug-likeness (QED) is 0.667. The molecule has 0 radical (unpaired) electrons. The van der Waals surface area contributed by atoms with Crippen LogP contribution in [-0.2, 0) is 16.6 Å². The minimum Gasteiger partial charge on any atom is -0.356 e. The number of nitrogens with zero attached hydrogens (tertiary/aromatic N) is 5. The second-order valence-electron chi connectivity index (χ2n) is 9.55. The van der Waals surface area contributed by atoms with Crippen molar-refractivity contribution in [3.63, 3.8) is 0 Å². The minimum absolute atomic E-state index is 0.00305. The van der Waals surface area contributed by atoms with E-state index in [0.29, 0.717) is 18.3 Å². The molecule has 2 aromatic heterocycles. The number of fused-ring (bicyclic) bond motifs is 2. The lowest BCUT2D eigenvalue weighted by Crippen LogP contribution is -2.34. The maximum absolute atomic E-state index is 12.9. The van der Waals surface area contributed by atoms with Crippen molar-refractivity contribution >= 4 is 22.7 Å². The lowest BCUT2D eigenvalue weighted by atomic mass is 9.92. The second kappa shape index (κ2) is 7.07. The molecule has 156 valence electrons. The van der Waals surface area contributed by atoms with E-state index in [1.165, 1.54) is 0 Å². The number of rotatable bonds is 3. The standard InChI is InChI=1S/C23H27N5O2/c1-23(2,3)20-8-9-21(25-24-20)27-11-15-13-28(14-16(15)12-27)22(29)10-18-17-6-4-5-7-19(17)30-26-18/h4-9,15-16H,10-14H2,1-3H3. The molecule has 2 fully saturated rings. The number of anilines is 1. The molecule has 1 amide bonds. The van der Waals surface area contributed by atoms with Gasteiger partial charge in [0.2, 0.25) is 5.91 Å². The van der Waals surface area contributed by atoms with Gasteiger partial charge < -0.3 is 14.3 Å². The highest BCUT2D eigenvalue weighted by molar-refractivity contribution is 5.86. The fraction of sp³-hybridized carbons (Fsp3) is 0.478. The maximum atomic E-state index is 12.9. The minimum atomic E-state index is 0.00305. The summed E-state index contributed by atoms with van der Waals surface area (Å²) in [5.41, 5.74) is 2.46. The molecule has 4 heterocycles. The average molecular weight is 406 g/mol. The lowest BCUT2D eigenvalue weighted by molar-refractivity contribution is -0.129. The summed E-state index contributed by atoms with van der Waals surface area (Å²) in [6.45, 7) is 9.86. The average Bonchev–Trinajstić information content (AvgIpc) is 3.41. The molecular weight excluding hydrogens is 378 g/mol. The third kappa shape index (κ3) is 3.42. The number of likely N-dealkylation sites (tertiary alicyclic amines) is 1. The van der Waals surface area contributed by atoms with Crippen LogP contribution in [0.1, 0.15) is 32.2 Å². The molecule has 0 N–H and O–H groups in total. The van der Waals surface area contributed by atoms with Gasteiger partial charge in [-0.05, 0) is 24.3 Å². The number of carbonyl (C=O) groups is 1. The Bertz CT molecular complexity index is 1060. The molecular formula is C23H27N5O2. The Hall–Kier alpha value is -2.96. The molecule has 0 saturated carbocycles. The van der Waals surface area contributed by atoms with Crippen LogP contribution in [0.3, 0.4) is 0 Å². The molecule has 2 aliphatic rings. The summed E-state index contributed by atoms with van der Waals surface area (Å²) in [4.78, 5) is 17.2. The van der Waals surface area contributed by atoms with Gasteiger partial charge in [0.25, 0.3) is 0 Å². The Morgan fingerprint density at radius 2 is 1.77 bits per heavy atom. The highest BCUT2D eigenvalue weighted by Crippen LogP contribution is 2.34. The summed E-state index contributed by atoms with van der Waals surface area (Å²) in [5.74, 6) is 2.02. The molecule has 0 bridgehead atoms. The fourth-order valence-electron chi connectivity index (χ4n) is 4.60. The van der Waals surface area contributed by atoms with E-state index in [1.807, 2.05) is 29.2 Å². The van der Waals surface area contributed by atoms with Crippen LogP contribution < -0.4 is 4.90 Å². The molecule has 7 heteroatoms. The number of hydrogen-bond acceptors (Lipinski definition) is 6. The zero-order valence-electron chi connectivity index (χ0n) is 17.7. The van der Waals surface area contributed by atoms with Gasteiger partial charge >= 0.3 is 0 Å². The highest BCUT2D eigenvalue weighted by atomic mass is 16.5. The molecule has 2 unspecified atom stereocenters. The number of carbonyl (C=O) groups excluding carboxylic acids is 1. The van der Waals surface area contributed by atoms with Crippen LogP contribution in [0.25, 0.3) is 11.0 Å². The van der Waals surface area contributed by atoms with Gasteiger partial charge in [0.15, 0.2) is 11.4 Å². The third-order valence-electron chi connectivity index (χ3n) is 6.35. The molecule has 0 spiro atoms. The summed E-state index contributed by atoms with van der Waals surface area (Å²) in [6.07, 6.45) is 0.292. The van der Waals surface area contributed by atoms with Crippen LogP contribution in [0.2, 0.25) is 0 Å². The summed E-state index contributed by atoms with van der Waals surface area (Å²) < 4.78 is 5.34. The van der Waals surface area contributed by atoms with Crippen LogP contribution in [0.15, 0.2) is 40.9 Å². The van der Waals surface area contributed by atoms with Crippen LogP contribution in [0, 0.1) is 11.8 Å². The zero-order chi connectivity index (χ0) is 20.9. The predicted octanol–water partition coefficient (Wildman–Crippen LogP) is 3.05. The van der Waals surface area contributed by atoms with Gasteiger partial charge in [0.1, 0.15) is 5.69 Å². The van der Waals surface area contributed by atoms with Crippen molar-refractivity contribution < 1.29 is 9.32 Å². The van der Waals surface area contributed by atoms with Gasteiger partial charge in [-0.25, -0.2) is 0 Å². The molecule has 3 aromatic rings. The number of benzene rings is 1. The topological polar surface area (TPSA) is 75.4 Å². The van der Waals surface area contributed by atoms with E-state index in [0.717, 1.165) is 54.4 Å². The maximum Gasteiger partial charge on any atom is 0.228 e. The van der Waals surface area contributed by atoms with Crippen molar-refractivity contribution in [2.75, 3.05) is 31.1 Å².